The molecule has 5 rings (SSSR count). The van der Waals surface area contributed by atoms with Gasteiger partial charge in [0.25, 0.3) is 11.8 Å². The minimum absolute atomic E-state index is 0.0316. The van der Waals surface area contributed by atoms with Crippen LogP contribution in [0.2, 0.25) is 0 Å². The molecule has 1 spiro atoms. The van der Waals surface area contributed by atoms with Gasteiger partial charge in [-0.05, 0) is 62.6 Å². The van der Waals surface area contributed by atoms with E-state index in [9.17, 15) is 9.59 Å². The number of carbonyl (C=O) groups is 2. The Morgan fingerprint density at radius 1 is 1.03 bits per heavy atom. The van der Waals surface area contributed by atoms with Gasteiger partial charge in [0, 0.05) is 36.7 Å². The lowest BCUT2D eigenvalue weighted by atomic mass is 9.92. The molecule has 1 atom stereocenters. The molecule has 2 aliphatic heterocycles. The summed E-state index contributed by atoms with van der Waals surface area (Å²) in [5.74, 6) is 0.427. The molecule has 3 heterocycles. The molecule has 35 heavy (non-hydrogen) atoms. The van der Waals surface area contributed by atoms with Crippen molar-refractivity contribution in [1.29, 1.82) is 0 Å². The summed E-state index contributed by atoms with van der Waals surface area (Å²) in [5.41, 5.74) is 2.14. The van der Waals surface area contributed by atoms with E-state index in [-0.39, 0.29) is 24.4 Å². The Kier molecular flexibility index (Phi) is 6.46. The Bertz CT molecular complexity index is 1200. The molecular formula is C27H28N4O4. The Morgan fingerprint density at radius 2 is 1.83 bits per heavy atom. The molecule has 3 aromatic rings. The molecule has 0 aliphatic carbocycles. The largest absolute Gasteiger partial charge is 0.424 e. The summed E-state index contributed by atoms with van der Waals surface area (Å²) in [6, 6.07) is 17.0. The van der Waals surface area contributed by atoms with E-state index in [0.717, 1.165) is 24.1 Å². The van der Waals surface area contributed by atoms with E-state index >= 15 is 0 Å². The second-order valence-corrected chi connectivity index (χ2v) is 9.09. The maximum atomic E-state index is 13.3. The zero-order valence-corrected chi connectivity index (χ0v) is 19.7. The lowest BCUT2D eigenvalue weighted by Crippen LogP contribution is -2.55. The van der Waals surface area contributed by atoms with Gasteiger partial charge in [-0.3, -0.25) is 9.59 Å². The Labute approximate surface area is 204 Å². The van der Waals surface area contributed by atoms with Crippen LogP contribution in [0.3, 0.4) is 0 Å². The molecule has 0 N–H and O–H groups in total. The summed E-state index contributed by atoms with van der Waals surface area (Å²) in [6.07, 6.45) is 5.47. The minimum Gasteiger partial charge on any atom is -0.424 e. The maximum Gasteiger partial charge on any atom is 0.321 e. The molecule has 0 bridgehead atoms. The molecule has 8 heteroatoms. The number of ether oxygens (including phenoxy) is 2. The fourth-order valence-corrected chi connectivity index (χ4v) is 4.67. The number of likely N-dealkylation sites (tertiary alicyclic amines) is 1. The predicted octanol–water partition coefficient (Wildman–Crippen LogP) is 4.01. The molecule has 0 radical (unpaired) electrons. The highest BCUT2D eigenvalue weighted by Gasteiger charge is 2.42. The SMILES string of the molecule is Cc1ccc(N2CC3(CCCN(C(=O)c4cccc(Oc5ncccn5)c4)CC3)OCC2=O)cc1. The third-order valence-electron chi connectivity index (χ3n) is 6.61. The van der Waals surface area contributed by atoms with Gasteiger partial charge in [0.15, 0.2) is 0 Å². The molecule has 1 unspecified atom stereocenters. The summed E-state index contributed by atoms with van der Waals surface area (Å²) in [6.45, 7) is 3.78. The summed E-state index contributed by atoms with van der Waals surface area (Å²) in [5, 5.41) is 0. The number of amides is 2. The van der Waals surface area contributed by atoms with Crippen LogP contribution in [0.15, 0.2) is 67.0 Å². The van der Waals surface area contributed by atoms with Crippen LogP contribution in [0.25, 0.3) is 0 Å². The second kappa shape index (κ2) is 9.84. The molecule has 180 valence electrons. The van der Waals surface area contributed by atoms with E-state index in [2.05, 4.69) is 9.97 Å². The quantitative estimate of drug-likeness (QED) is 0.571. The highest BCUT2D eigenvalue weighted by Crippen LogP contribution is 2.33. The normalized spacial score (nSPS) is 20.5. The van der Waals surface area contributed by atoms with Crippen LogP contribution >= 0.6 is 0 Å². The fraction of sp³-hybridized carbons (Fsp3) is 0.333. The van der Waals surface area contributed by atoms with Crippen molar-refractivity contribution in [3.63, 3.8) is 0 Å². The third kappa shape index (κ3) is 5.17. The minimum atomic E-state index is -0.455. The molecular weight excluding hydrogens is 444 g/mol. The molecule has 2 amide bonds. The first-order valence-corrected chi connectivity index (χ1v) is 11.9. The van der Waals surface area contributed by atoms with Gasteiger partial charge in [-0.15, -0.1) is 0 Å². The van der Waals surface area contributed by atoms with E-state index in [1.165, 1.54) is 0 Å². The molecule has 2 aliphatic rings. The van der Waals surface area contributed by atoms with Gasteiger partial charge in [-0.25, -0.2) is 9.97 Å². The van der Waals surface area contributed by atoms with Crippen molar-refractivity contribution in [3.05, 3.63) is 78.1 Å². The van der Waals surface area contributed by atoms with Crippen LogP contribution in [-0.2, 0) is 9.53 Å². The van der Waals surface area contributed by atoms with Crippen LogP contribution < -0.4 is 9.64 Å². The number of morpholine rings is 1. The van der Waals surface area contributed by atoms with Crippen molar-refractivity contribution in [3.8, 4) is 11.8 Å². The van der Waals surface area contributed by atoms with Gasteiger partial charge in [0.1, 0.15) is 12.4 Å². The predicted molar refractivity (Wildman–Crippen MR) is 131 cm³/mol. The first-order chi connectivity index (χ1) is 17.0. The maximum absolute atomic E-state index is 13.3. The lowest BCUT2D eigenvalue weighted by Gasteiger charge is -2.42. The highest BCUT2D eigenvalue weighted by atomic mass is 16.5. The van der Waals surface area contributed by atoms with E-state index in [4.69, 9.17) is 9.47 Å². The molecule has 2 fully saturated rings. The van der Waals surface area contributed by atoms with Crippen molar-refractivity contribution >= 4 is 17.5 Å². The average Bonchev–Trinajstić information content (AvgIpc) is 3.09. The van der Waals surface area contributed by atoms with Gasteiger partial charge in [-0.1, -0.05) is 23.8 Å². The van der Waals surface area contributed by atoms with Crippen molar-refractivity contribution < 1.29 is 19.1 Å². The molecule has 1 aromatic heterocycles. The first-order valence-electron chi connectivity index (χ1n) is 11.9. The van der Waals surface area contributed by atoms with Crippen LogP contribution in [0.1, 0.15) is 35.2 Å². The highest BCUT2D eigenvalue weighted by molar-refractivity contribution is 5.95. The molecule has 8 nitrogen and oxygen atoms in total. The van der Waals surface area contributed by atoms with Gasteiger partial charge in [0.2, 0.25) is 0 Å². The number of nitrogens with zero attached hydrogens (tertiary/aromatic N) is 4. The number of hydrogen-bond acceptors (Lipinski definition) is 6. The number of aryl methyl sites for hydroxylation is 1. The molecule has 2 saturated heterocycles. The standard InChI is InChI=1S/C27H28N4O4/c1-20-7-9-22(10-8-20)31-19-27(34-18-24(31)32)11-3-15-30(16-12-27)25(33)21-5-2-6-23(17-21)35-26-28-13-4-14-29-26/h2,4-10,13-14,17H,3,11-12,15-16,18-19H2,1H3. The lowest BCUT2D eigenvalue weighted by molar-refractivity contribution is -0.140. The average molecular weight is 473 g/mol. The number of carbonyl (C=O) groups excluding carboxylic acids is 2. The van der Waals surface area contributed by atoms with Crippen LogP contribution in [0.5, 0.6) is 11.8 Å². The van der Waals surface area contributed by atoms with Crippen molar-refractivity contribution in [1.82, 2.24) is 14.9 Å². The fourth-order valence-electron chi connectivity index (χ4n) is 4.67. The molecule has 0 saturated carbocycles. The number of rotatable bonds is 4. The summed E-state index contributed by atoms with van der Waals surface area (Å²) < 4.78 is 11.8. The number of hydrogen-bond donors (Lipinski definition) is 0. The Hall–Kier alpha value is -3.78. The zero-order valence-electron chi connectivity index (χ0n) is 19.7. The Balaban J connectivity index is 1.27. The van der Waals surface area contributed by atoms with Crippen LogP contribution in [0.4, 0.5) is 5.69 Å². The molecule has 2 aromatic carbocycles. The van der Waals surface area contributed by atoms with Crippen molar-refractivity contribution in [2.24, 2.45) is 0 Å². The number of anilines is 1. The topological polar surface area (TPSA) is 84.9 Å². The smallest absolute Gasteiger partial charge is 0.321 e. The van der Waals surface area contributed by atoms with E-state index in [1.807, 2.05) is 41.0 Å². The van der Waals surface area contributed by atoms with E-state index in [1.54, 1.807) is 42.7 Å². The number of benzene rings is 2. The van der Waals surface area contributed by atoms with Gasteiger partial charge >= 0.3 is 6.01 Å². The third-order valence-corrected chi connectivity index (χ3v) is 6.61. The first kappa shape index (κ1) is 23.0. The van der Waals surface area contributed by atoms with Crippen LogP contribution in [-0.4, -0.2) is 58.5 Å². The van der Waals surface area contributed by atoms with Crippen molar-refractivity contribution in [2.75, 3.05) is 31.1 Å². The zero-order chi connectivity index (χ0) is 24.3. The van der Waals surface area contributed by atoms with Crippen LogP contribution in [0, 0.1) is 6.92 Å². The second-order valence-electron chi connectivity index (χ2n) is 9.09. The van der Waals surface area contributed by atoms with Gasteiger partial charge in [-0.2, -0.15) is 0 Å². The Morgan fingerprint density at radius 3 is 2.63 bits per heavy atom. The summed E-state index contributed by atoms with van der Waals surface area (Å²) in [4.78, 5) is 37.8. The van der Waals surface area contributed by atoms with E-state index in [0.29, 0.717) is 37.4 Å². The number of aromatic nitrogens is 2. The monoisotopic (exact) mass is 472 g/mol. The van der Waals surface area contributed by atoms with Gasteiger partial charge in [0.05, 0.1) is 12.1 Å². The van der Waals surface area contributed by atoms with Gasteiger partial charge < -0.3 is 19.3 Å². The van der Waals surface area contributed by atoms with E-state index < -0.39 is 5.60 Å². The summed E-state index contributed by atoms with van der Waals surface area (Å²) in [7, 11) is 0. The van der Waals surface area contributed by atoms with Crippen molar-refractivity contribution in [2.45, 2.75) is 31.8 Å². The summed E-state index contributed by atoms with van der Waals surface area (Å²) >= 11 is 0.